The van der Waals surface area contributed by atoms with Crippen molar-refractivity contribution in [1.29, 1.82) is 0 Å². The number of aliphatic imine (C=N–C) groups is 1. The summed E-state index contributed by atoms with van der Waals surface area (Å²) in [7, 11) is 0. The van der Waals surface area contributed by atoms with E-state index in [0.717, 1.165) is 25.2 Å². The number of unbranched alkanes of at least 4 members (excludes halogenated alkanes) is 14. The van der Waals surface area contributed by atoms with Gasteiger partial charge in [0, 0.05) is 6.42 Å². The van der Waals surface area contributed by atoms with E-state index in [1.807, 2.05) is 0 Å². The van der Waals surface area contributed by atoms with Crippen molar-refractivity contribution in [2.45, 2.75) is 110 Å². The summed E-state index contributed by atoms with van der Waals surface area (Å²) in [5.41, 5.74) is 0. The van der Waals surface area contributed by atoms with Gasteiger partial charge >= 0.3 is 35.5 Å². The molecule has 1 aliphatic heterocycles. The zero-order valence-corrected chi connectivity index (χ0v) is 23.2. The smallest absolute Gasteiger partial charge is 1.00 e. The van der Waals surface area contributed by atoms with Gasteiger partial charge in [-0.05, 0) is 6.42 Å². The summed E-state index contributed by atoms with van der Waals surface area (Å²) in [6.45, 7) is 4.24. The molecule has 2 N–H and O–H groups in total. The molecular formula is C24H47ClN2NaO3+. The number of aliphatic carboxylic acids is 1. The summed E-state index contributed by atoms with van der Waals surface area (Å²) in [4.78, 5) is 15.8. The first-order chi connectivity index (χ1) is 14.1. The maximum atomic E-state index is 11.2. The molecule has 31 heavy (non-hydrogen) atoms. The molecule has 0 saturated heterocycles. The number of hydrogen-bond donors (Lipinski definition) is 2. The standard InChI is InChI=1S/C24H46N2O3.ClH.Na/c1-2-3-4-5-6-7-8-9-10-11-12-13-14-15-16-17-23-25-18-19-26(23,20-21-27)22-24(28)29;;/h27H,2-22H2,1H3;1H;/q;;+1. The first-order valence-electron chi connectivity index (χ1n) is 12.4. The maximum absolute atomic E-state index is 11.2. The Morgan fingerprint density at radius 3 is 1.74 bits per heavy atom. The number of carboxylic acid groups (broad SMARTS) is 1. The minimum absolute atomic E-state index is 0. The molecule has 0 amide bonds. The number of carbonyl (C=O) groups is 1. The molecule has 1 atom stereocenters. The van der Waals surface area contributed by atoms with Crippen molar-refractivity contribution >= 4 is 11.8 Å². The summed E-state index contributed by atoms with van der Waals surface area (Å²) >= 11 is 0. The normalized spacial score (nSPS) is 17.7. The van der Waals surface area contributed by atoms with Crippen molar-refractivity contribution in [3.05, 3.63) is 0 Å². The van der Waals surface area contributed by atoms with Gasteiger partial charge in [0.05, 0.1) is 13.2 Å². The number of amidine groups is 1. The van der Waals surface area contributed by atoms with E-state index in [0.29, 0.717) is 17.6 Å². The molecule has 0 aromatic rings. The van der Waals surface area contributed by atoms with Crippen LogP contribution >= 0.6 is 0 Å². The molecule has 178 valence electrons. The number of rotatable bonds is 20. The number of hydrogen-bond acceptors (Lipinski definition) is 3. The van der Waals surface area contributed by atoms with Gasteiger partial charge in [-0.15, -0.1) is 0 Å². The van der Waals surface area contributed by atoms with E-state index in [4.69, 9.17) is 0 Å². The Morgan fingerprint density at radius 1 is 0.871 bits per heavy atom. The van der Waals surface area contributed by atoms with Crippen molar-refractivity contribution in [3.8, 4) is 0 Å². The number of nitrogens with zero attached hydrogens (tertiary/aromatic N) is 2. The molecule has 0 fully saturated rings. The summed E-state index contributed by atoms with van der Waals surface area (Å²) in [5.74, 6) is 0.195. The topological polar surface area (TPSA) is 69.9 Å². The van der Waals surface area contributed by atoms with Gasteiger partial charge in [0.1, 0.15) is 13.1 Å². The monoisotopic (exact) mass is 469 g/mol. The zero-order chi connectivity index (χ0) is 21.2. The molecule has 0 radical (unpaired) electrons. The molecule has 0 bridgehead atoms. The van der Waals surface area contributed by atoms with E-state index < -0.39 is 5.97 Å². The van der Waals surface area contributed by atoms with Gasteiger partial charge in [0.2, 0.25) is 0 Å². The Morgan fingerprint density at radius 2 is 1.32 bits per heavy atom. The van der Waals surface area contributed by atoms with Crippen LogP contribution in [0.4, 0.5) is 0 Å². The second-order valence-corrected chi connectivity index (χ2v) is 8.87. The minimum atomic E-state index is -0.801. The van der Waals surface area contributed by atoms with Crippen LogP contribution in [0.25, 0.3) is 0 Å². The van der Waals surface area contributed by atoms with E-state index >= 15 is 0 Å². The van der Waals surface area contributed by atoms with E-state index in [-0.39, 0.29) is 55.1 Å². The third kappa shape index (κ3) is 15.8. The van der Waals surface area contributed by atoms with Gasteiger partial charge in [-0.25, -0.2) is 9.79 Å². The van der Waals surface area contributed by atoms with E-state index in [1.54, 1.807) is 0 Å². The molecule has 5 nitrogen and oxygen atoms in total. The summed E-state index contributed by atoms with van der Waals surface area (Å²) in [5, 5.41) is 18.6. The predicted octanol–water partition coefficient (Wildman–Crippen LogP) is -0.438. The van der Waals surface area contributed by atoms with Gasteiger partial charge in [-0.1, -0.05) is 96.8 Å². The molecule has 7 heteroatoms. The molecule has 0 saturated carbocycles. The molecule has 1 aliphatic rings. The van der Waals surface area contributed by atoms with E-state index in [1.165, 1.54) is 89.9 Å². The average Bonchev–Trinajstić information content (AvgIpc) is 3.06. The van der Waals surface area contributed by atoms with Gasteiger partial charge in [-0.2, -0.15) is 0 Å². The second-order valence-electron chi connectivity index (χ2n) is 8.87. The van der Waals surface area contributed by atoms with Crippen molar-refractivity contribution in [2.24, 2.45) is 4.99 Å². The van der Waals surface area contributed by atoms with Gasteiger partial charge in [0.25, 0.3) is 0 Å². The predicted molar refractivity (Wildman–Crippen MR) is 121 cm³/mol. The zero-order valence-electron chi connectivity index (χ0n) is 20.4. The Kier molecular flexibility index (Phi) is 24.0. The summed E-state index contributed by atoms with van der Waals surface area (Å²) in [6.07, 6.45) is 21.1. The molecule has 0 aromatic carbocycles. The van der Waals surface area contributed by atoms with E-state index in [2.05, 4.69) is 11.9 Å². The number of aliphatic hydroxyl groups excluding tert-OH is 1. The number of aliphatic hydroxyl groups is 1. The largest absolute Gasteiger partial charge is 1.00 e. The first-order valence-corrected chi connectivity index (χ1v) is 12.4. The van der Waals surface area contributed by atoms with Crippen LogP contribution in [0.2, 0.25) is 0 Å². The number of carboxylic acids is 1. The molecular weight excluding hydrogens is 423 g/mol. The third-order valence-corrected chi connectivity index (χ3v) is 6.34. The molecule has 1 heterocycles. The Balaban J connectivity index is 0. The molecule has 1 unspecified atom stereocenters. The van der Waals surface area contributed by atoms with Crippen LogP contribution in [-0.2, 0) is 4.79 Å². The minimum Gasteiger partial charge on any atom is -1.00 e. The molecule has 1 rings (SSSR count). The van der Waals surface area contributed by atoms with Crippen LogP contribution in [0, 0.1) is 0 Å². The summed E-state index contributed by atoms with van der Waals surface area (Å²) in [6, 6.07) is 0. The maximum Gasteiger partial charge on any atom is 1.00 e. The fourth-order valence-corrected chi connectivity index (χ4v) is 4.56. The Labute approximate surface area is 219 Å². The number of quaternary nitrogens is 1. The van der Waals surface area contributed by atoms with Crippen LogP contribution in [0.3, 0.4) is 0 Å². The van der Waals surface area contributed by atoms with Crippen molar-refractivity contribution in [2.75, 3.05) is 32.8 Å². The Bertz CT molecular complexity index is 466. The quantitative estimate of drug-likeness (QED) is 0.144. The van der Waals surface area contributed by atoms with Crippen LogP contribution in [0.1, 0.15) is 110 Å². The fraction of sp³-hybridized carbons (Fsp3) is 0.917. The van der Waals surface area contributed by atoms with Crippen LogP contribution in [-0.4, -0.2) is 59.3 Å². The van der Waals surface area contributed by atoms with Gasteiger partial charge in [-0.3, -0.25) is 4.48 Å². The van der Waals surface area contributed by atoms with Crippen LogP contribution in [0.15, 0.2) is 4.99 Å². The first kappa shape index (κ1) is 33.5. The van der Waals surface area contributed by atoms with E-state index in [9.17, 15) is 15.0 Å². The van der Waals surface area contributed by atoms with Gasteiger partial charge in [0.15, 0.2) is 12.4 Å². The van der Waals surface area contributed by atoms with Crippen molar-refractivity contribution in [1.82, 2.24) is 0 Å². The van der Waals surface area contributed by atoms with Crippen LogP contribution < -0.4 is 42.0 Å². The third-order valence-electron chi connectivity index (χ3n) is 6.34. The van der Waals surface area contributed by atoms with Crippen molar-refractivity contribution in [3.63, 3.8) is 0 Å². The van der Waals surface area contributed by atoms with Crippen molar-refractivity contribution < 1.29 is 61.5 Å². The van der Waals surface area contributed by atoms with Crippen LogP contribution in [0.5, 0.6) is 0 Å². The number of halogens is 1. The second kappa shape index (κ2) is 22.2. The van der Waals surface area contributed by atoms with Gasteiger partial charge < -0.3 is 22.6 Å². The average molecular weight is 470 g/mol. The SMILES string of the molecule is CCCCCCCCCCCCCCCCCC1=NCC[N+]1(CCO)CC(=O)O.[Cl-].[Na+]. The fourth-order valence-electron chi connectivity index (χ4n) is 4.56. The summed E-state index contributed by atoms with van der Waals surface area (Å²) < 4.78 is 0.366. The Hall–Kier alpha value is 0.350. The molecule has 0 aromatic heterocycles. The molecule has 0 spiro atoms. The molecule has 0 aliphatic carbocycles.